The van der Waals surface area contributed by atoms with E-state index in [4.69, 9.17) is 11.6 Å². The van der Waals surface area contributed by atoms with Gasteiger partial charge in [0.1, 0.15) is 11.0 Å². The molecule has 0 radical (unpaired) electrons. The predicted molar refractivity (Wildman–Crippen MR) is 72.9 cm³/mol. The fraction of sp³-hybridized carbons (Fsp3) is 0.286. The number of rotatable bonds is 1. The zero-order valence-electron chi connectivity index (χ0n) is 10.0. The van der Waals surface area contributed by atoms with Crippen molar-refractivity contribution < 1.29 is 0 Å². The highest BCUT2D eigenvalue weighted by Gasteiger charge is 2.15. The number of halogens is 1. The minimum absolute atomic E-state index is 0.449. The van der Waals surface area contributed by atoms with Crippen LogP contribution in [-0.2, 0) is 13.0 Å². The van der Waals surface area contributed by atoms with Crippen molar-refractivity contribution in [2.45, 2.75) is 19.4 Å². The van der Waals surface area contributed by atoms with Crippen molar-refractivity contribution in [1.82, 2.24) is 9.97 Å². The lowest BCUT2D eigenvalue weighted by Crippen LogP contribution is -2.23. The lowest BCUT2D eigenvalue weighted by Gasteiger charge is -2.21. The van der Waals surface area contributed by atoms with Gasteiger partial charge in [-0.3, -0.25) is 4.98 Å². The SMILES string of the molecule is Clc1cncc(N2CCCc3ccccc3C2)n1. The first-order valence-corrected chi connectivity index (χ1v) is 6.50. The van der Waals surface area contributed by atoms with Gasteiger partial charge in [-0.25, -0.2) is 4.98 Å². The van der Waals surface area contributed by atoms with Crippen molar-refractivity contribution in [3.63, 3.8) is 0 Å². The Morgan fingerprint density at radius 3 is 2.78 bits per heavy atom. The van der Waals surface area contributed by atoms with Gasteiger partial charge >= 0.3 is 0 Å². The van der Waals surface area contributed by atoms with Crippen molar-refractivity contribution >= 4 is 17.4 Å². The van der Waals surface area contributed by atoms with Crippen molar-refractivity contribution in [1.29, 1.82) is 0 Å². The fourth-order valence-electron chi connectivity index (χ4n) is 2.38. The van der Waals surface area contributed by atoms with E-state index < -0.39 is 0 Å². The van der Waals surface area contributed by atoms with Gasteiger partial charge in [-0.15, -0.1) is 0 Å². The molecular formula is C14H14ClN3. The molecule has 0 atom stereocenters. The largest absolute Gasteiger partial charge is 0.351 e. The van der Waals surface area contributed by atoms with Crippen molar-refractivity contribution in [2.24, 2.45) is 0 Å². The molecule has 0 fully saturated rings. The molecule has 4 heteroatoms. The number of anilines is 1. The molecule has 92 valence electrons. The molecule has 1 aromatic heterocycles. The second-order valence-electron chi connectivity index (χ2n) is 4.49. The van der Waals surface area contributed by atoms with E-state index in [1.54, 1.807) is 12.4 Å². The molecule has 3 rings (SSSR count). The van der Waals surface area contributed by atoms with E-state index in [9.17, 15) is 0 Å². The highest BCUT2D eigenvalue weighted by Crippen LogP contribution is 2.22. The van der Waals surface area contributed by atoms with Crippen molar-refractivity contribution in [3.05, 3.63) is 52.9 Å². The lowest BCUT2D eigenvalue weighted by molar-refractivity contribution is 0.752. The molecule has 1 aliphatic rings. The Morgan fingerprint density at radius 2 is 1.94 bits per heavy atom. The Labute approximate surface area is 111 Å². The maximum absolute atomic E-state index is 5.90. The number of benzene rings is 1. The van der Waals surface area contributed by atoms with Gasteiger partial charge in [-0.1, -0.05) is 35.9 Å². The van der Waals surface area contributed by atoms with E-state index in [0.717, 1.165) is 31.7 Å². The van der Waals surface area contributed by atoms with Crippen LogP contribution in [0.1, 0.15) is 17.5 Å². The third-order valence-corrected chi connectivity index (χ3v) is 3.45. The Kier molecular flexibility index (Phi) is 3.15. The highest BCUT2D eigenvalue weighted by atomic mass is 35.5. The van der Waals surface area contributed by atoms with Crippen LogP contribution in [0.5, 0.6) is 0 Å². The van der Waals surface area contributed by atoms with Crippen LogP contribution < -0.4 is 4.90 Å². The lowest BCUT2D eigenvalue weighted by atomic mass is 10.0. The molecule has 0 N–H and O–H groups in total. The molecular weight excluding hydrogens is 246 g/mol. The Morgan fingerprint density at radius 1 is 1.11 bits per heavy atom. The number of hydrogen-bond donors (Lipinski definition) is 0. The zero-order valence-corrected chi connectivity index (χ0v) is 10.8. The summed E-state index contributed by atoms with van der Waals surface area (Å²) in [6.07, 6.45) is 5.60. The molecule has 0 bridgehead atoms. The van der Waals surface area contributed by atoms with E-state index in [1.807, 2.05) is 0 Å². The first kappa shape index (κ1) is 11.5. The molecule has 3 nitrogen and oxygen atoms in total. The molecule has 2 aromatic rings. The van der Waals surface area contributed by atoms with Gasteiger partial charge in [-0.2, -0.15) is 0 Å². The first-order chi connectivity index (χ1) is 8.83. The molecule has 2 heterocycles. The summed E-state index contributed by atoms with van der Waals surface area (Å²) in [4.78, 5) is 10.7. The number of nitrogens with zero attached hydrogens (tertiary/aromatic N) is 3. The van der Waals surface area contributed by atoms with Crippen LogP contribution in [-0.4, -0.2) is 16.5 Å². The van der Waals surface area contributed by atoms with Crippen LogP contribution in [0.4, 0.5) is 5.82 Å². The van der Waals surface area contributed by atoms with E-state index in [1.165, 1.54) is 11.1 Å². The molecule has 0 saturated heterocycles. The van der Waals surface area contributed by atoms with Gasteiger partial charge in [0.15, 0.2) is 0 Å². The third kappa shape index (κ3) is 2.31. The minimum Gasteiger partial charge on any atom is -0.351 e. The Bertz CT molecular complexity index is 556. The molecule has 0 saturated carbocycles. The topological polar surface area (TPSA) is 29.0 Å². The average molecular weight is 260 g/mol. The van der Waals surface area contributed by atoms with Crippen molar-refractivity contribution in [3.8, 4) is 0 Å². The summed E-state index contributed by atoms with van der Waals surface area (Å²) in [6, 6.07) is 8.59. The molecule has 18 heavy (non-hydrogen) atoms. The second-order valence-corrected chi connectivity index (χ2v) is 4.88. The van der Waals surface area contributed by atoms with E-state index >= 15 is 0 Å². The number of hydrogen-bond acceptors (Lipinski definition) is 3. The second kappa shape index (κ2) is 4.94. The van der Waals surface area contributed by atoms with Crippen LogP contribution in [0.25, 0.3) is 0 Å². The fourth-order valence-corrected chi connectivity index (χ4v) is 2.52. The quantitative estimate of drug-likeness (QED) is 0.788. The summed E-state index contributed by atoms with van der Waals surface area (Å²) in [5, 5.41) is 0.449. The van der Waals surface area contributed by atoms with Gasteiger partial charge in [0.25, 0.3) is 0 Å². The molecule has 0 amide bonds. The molecule has 0 spiro atoms. The molecule has 0 unspecified atom stereocenters. The third-order valence-electron chi connectivity index (χ3n) is 3.27. The molecule has 0 aliphatic carbocycles. The normalized spacial score (nSPS) is 15.1. The maximum Gasteiger partial charge on any atom is 0.149 e. The number of fused-ring (bicyclic) bond motifs is 1. The summed E-state index contributed by atoms with van der Waals surface area (Å²) < 4.78 is 0. The van der Waals surface area contributed by atoms with Gasteiger partial charge in [0.05, 0.1) is 12.4 Å². The van der Waals surface area contributed by atoms with Gasteiger partial charge in [-0.05, 0) is 24.0 Å². The highest BCUT2D eigenvalue weighted by molar-refractivity contribution is 6.29. The minimum atomic E-state index is 0.449. The standard InChI is InChI=1S/C14H14ClN3/c15-13-8-16-9-14(17-13)18-7-3-6-11-4-1-2-5-12(11)10-18/h1-2,4-5,8-9H,3,6-7,10H2. The predicted octanol–water partition coefficient (Wildman–Crippen LogP) is 3.08. The van der Waals surface area contributed by atoms with Gasteiger partial charge in [0, 0.05) is 13.1 Å². The first-order valence-electron chi connectivity index (χ1n) is 6.12. The zero-order chi connectivity index (χ0) is 12.4. The Balaban J connectivity index is 1.91. The van der Waals surface area contributed by atoms with E-state index in [2.05, 4.69) is 39.1 Å². The van der Waals surface area contributed by atoms with Crippen LogP contribution in [0.3, 0.4) is 0 Å². The van der Waals surface area contributed by atoms with Crippen LogP contribution in [0.2, 0.25) is 5.15 Å². The summed E-state index contributed by atoms with van der Waals surface area (Å²) in [5.74, 6) is 0.860. The molecule has 1 aliphatic heterocycles. The van der Waals surface area contributed by atoms with Gasteiger partial charge in [0.2, 0.25) is 0 Å². The maximum atomic E-state index is 5.90. The molecule has 1 aromatic carbocycles. The number of aryl methyl sites for hydroxylation is 1. The van der Waals surface area contributed by atoms with Crippen LogP contribution in [0, 0.1) is 0 Å². The van der Waals surface area contributed by atoms with E-state index in [0.29, 0.717) is 5.15 Å². The van der Waals surface area contributed by atoms with Crippen LogP contribution in [0.15, 0.2) is 36.7 Å². The van der Waals surface area contributed by atoms with Gasteiger partial charge < -0.3 is 4.90 Å². The smallest absolute Gasteiger partial charge is 0.149 e. The van der Waals surface area contributed by atoms with Crippen LogP contribution >= 0.6 is 11.6 Å². The van der Waals surface area contributed by atoms with E-state index in [-0.39, 0.29) is 0 Å². The summed E-state index contributed by atoms with van der Waals surface area (Å²) in [6.45, 7) is 1.87. The summed E-state index contributed by atoms with van der Waals surface area (Å²) in [7, 11) is 0. The summed E-state index contributed by atoms with van der Waals surface area (Å²) in [5.41, 5.74) is 2.81. The van der Waals surface area contributed by atoms with Crippen molar-refractivity contribution in [2.75, 3.05) is 11.4 Å². The summed E-state index contributed by atoms with van der Waals surface area (Å²) >= 11 is 5.90. The number of aromatic nitrogens is 2. The monoisotopic (exact) mass is 259 g/mol. The Hall–Kier alpha value is -1.61. The average Bonchev–Trinajstić information content (AvgIpc) is 2.60.